The molecule has 0 aromatic carbocycles. The highest BCUT2D eigenvalue weighted by Crippen LogP contribution is 2.39. The van der Waals surface area contributed by atoms with Gasteiger partial charge in [-0.3, -0.25) is 9.36 Å². The molecule has 5 rings (SSSR count). The molecular formula is C25H28F3N7O3. The first-order valence-corrected chi connectivity index (χ1v) is 12.3. The Morgan fingerprint density at radius 3 is 2.58 bits per heavy atom. The molecule has 4 aromatic heterocycles. The molecule has 0 atom stereocenters. The number of hydrogen-bond donors (Lipinski definition) is 3. The summed E-state index contributed by atoms with van der Waals surface area (Å²) in [6.07, 6.45) is 3.71. The first-order valence-electron chi connectivity index (χ1n) is 12.3. The average molecular weight is 532 g/mol. The lowest BCUT2D eigenvalue weighted by Gasteiger charge is -2.30. The van der Waals surface area contributed by atoms with Crippen LogP contribution in [0, 0.1) is 0 Å². The van der Waals surface area contributed by atoms with E-state index < -0.39 is 17.9 Å². The monoisotopic (exact) mass is 531 g/mol. The van der Waals surface area contributed by atoms with Crippen LogP contribution in [0.5, 0.6) is 5.75 Å². The number of ether oxygens (including phenoxy) is 1. The van der Waals surface area contributed by atoms with Crippen LogP contribution in [0.1, 0.15) is 43.5 Å². The van der Waals surface area contributed by atoms with Crippen molar-refractivity contribution in [1.29, 1.82) is 0 Å². The third-order valence-corrected chi connectivity index (χ3v) is 6.84. The molecule has 3 N–H and O–H groups in total. The Balaban J connectivity index is 1.40. The van der Waals surface area contributed by atoms with Gasteiger partial charge in [-0.15, -0.1) is 0 Å². The largest absolute Gasteiger partial charge is 0.488 e. The van der Waals surface area contributed by atoms with E-state index in [1.807, 2.05) is 10.7 Å². The van der Waals surface area contributed by atoms with Gasteiger partial charge >= 0.3 is 6.18 Å². The molecule has 1 fully saturated rings. The standard InChI is InChI=1S/C25H28F3N7O3/c1-29-22-9-20-19(11-31-22)23(15-10-32-34(12-15)17(13-36)14-37)33-35(20)16-4-6-18(7-5-16)38-21-3-2-8-30-24(21)25(26,27)28/h2-3,8-12,16-18,36-37H,4-7,13-14H2,1H3,(H,29,31). The zero-order valence-corrected chi connectivity index (χ0v) is 20.6. The lowest BCUT2D eigenvalue weighted by Crippen LogP contribution is -2.27. The number of anilines is 1. The van der Waals surface area contributed by atoms with Crippen LogP contribution in [-0.2, 0) is 6.18 Å². The van der Waals surface area contributed by atoms with Crippen LogP contribution < -0.4 is 10.1 Å². The SMILES string of the molecule is CNc1cc2c(cn1)c(-c1cnn(C(CO)CO)c1)nn2C1CCC(Oc2cccnc2C(F)(F)F)CC1. The molecule has 38 heavy (non-hydrogen) atoms. The highest BCUT2D eigenvalue weighted by Gasteiger charge is 2.37. The summed E-state index contributed by atoms with van der Waals surface area (Å²) in [5.74, 6) is 0.427. The van der Waals surface area contributed by atoms with Gasteiger partial charge in [-0.2, -0.15) is 23.4 Å². The molecule has 1 aliphatic rings. The normalized spacial score (nSPS) is 18.3. The Morgan fingerprint density at radius 2 is 1.89 bits per heavy atom. The lowest BCUT2D eigenvalue weighted by atomic mass is 9.93. The van der Waals surface area contributed by atoms with Gasteiger partial charge in [-0.1, -0.05) is 0 Å². The van der Waals surface area contributed by atoms with E-state index in [-0.39, 0.29) is 31.1 Å². The van der Waals surface area contributed by atoms with Gasteiger partial charge in [-0.05, 0) is 37.8 Å². The maximum atomic E-state index is 13.3. The summed E-state index contributed by atoms with van der Waals surface area (Å²) in [6.45, 7) is -0.510. The maximum Gasteiger partial charge on any atom is 0.437 e. The van der Waals surface area contributed by atoms with Gasteiger partial charge in [-0.25, -0.2) is 9.97 Å². The number of aliphatic hydroxyl groups is 2. The second kappa shape index (κ2) is 10.6. The van der Waals surface area contributed by atoms with Gasteiger partial charge in [0, 0.05) is 42.7 Å². The molecule has 13 heteroatoms. The molecule has 10 nitrogen and oxygen atoms in total. The van der Waals surface area contributed by atoms with E-state index in [9.17, 15) is 23.4 Å². The average Bonchev–Trinajstić information content (AvgIpc) is 3.54. The molecule has 0 bridgehead atoms. The number of rotatable bonds is 8. The van der Waals surface area contributed by atoms with Crippen LogP contribution in [0.2, 0.25) is 0 Å². The topological polar surface area (TPSA) is 123 Å². The second-order valence-electron chi connectivity index (χ2n) is 9.25. The number of nitrogens with zero attached hydrogens (tertiary/aromatic N) is 6. The van der Waals surface area contributed by atoms with Crippen molar-refractivity contribution in [2.45, 2.75) is 50.0 Å². The number of nitrogens with one attached hydrogen (secondary N) is 1. The van der Waals surface area contributed by atoms with Crippen LogP contribution >= 0.6 is 0 Å². The van der Waals surface area contributed by atoms with E-state index in [2.05, 4.69) is 20.4 Å². The van der Waals surface area contributed by atoms with E-state index in [0.29, 0.717) is 42.8 Å². The van der Waals surface area contributed by atoms with Gasteiger partial charge in [0.15, 0.2) is 11.4 Å². The first kappa shape index (κ1) is 25.9. The minimum Gasteiger partial charge on any atom is -0.488 e. The summed E-state index contributed by atoms with van der Waals surface area (Å²) in [5, 5.41) is 32.1. The molecule has 4 heterocycles. The Bertz CT molecular complexity index is 1390. The van der Waals surface area contributed by atoms with Gasteiger partial charge in [0.1, 0.15) is 11.5 Å². The highest BCUT2D eigenvalue weighted by atomic mass is 19.4. The molecule has 4 aromatic rings. The molecule has 1 saturated carbocycles. The Labute approximate surface area is 216 Å². The third-order valence-electron chi connectivity index (χ3n) is 6.84. The van der Waals surface area contributed by atoms with Crippen LogP contribution in [-0.4, -0.2) is 66.1 Å². The van der Waals surface area contributed by atoms with Crippen molar-refractivity contribution in [3.8, 4) is 17.0 Å². The van der Waals surface area contributed by atoms with Crippen molar-refractivity contribution in [2.24, 2.45) is 0 Å². The third kappa shape index (κ3) is 5.03. The molecule has 0 unspecified atom stereocenters. The molecule has 0 amide bonds. The molecule has 0 aliphatic heterocycles. The predicted octanol–water partition coefficient (Wildman–Crippen LogP) is 3.84. The highest BCUT2D eigenvalue weighted by molar-refractivity contribution is 5.93. The maximum absolute atomic E-state index is 13.3. The Kier molecular flexibility index (Phi) is 7.21. The summed E-state index contributed by atoms with van der Waals surface area (Å²) in [4.78, 5) is 7.91. The number of hydrogen-bond acceptors (Lipinski definition) is 8. The fraction of sp³-hybridized carbons (Fsp3) is 0.440. The van der Waals surface area contributed by atoms with E-state index >= 15 is 0 Å². The van der Waals surface area contributed by atoms with Crippen molar-refractivity contribution in [2.75, 3.05) is 25.6 Å². The molecule has 0 saturated heterocycles. The van der Waals surface area contributed by atoms with E-state index in [1.165, 1.54) is 16.8 Å². The van der Waals surface area contributed by atoms with Gasteiger partial charge in [0.25, 0.3) is 0 Å². The van der Waals surface area contributed by atoms with Gasteiger partial charge in [0.05, 0.1) is 43.1 Å². The first-order chi connectivity index (χ1) is 18.3. The van der Waals surface area contributed by atoms with Crippen molar-refractivity contribution >= 4 is 16.7 Å². The van der Waals surface area contributed by atoms with E-state index in [1.54, 1.807) is 25.6 Å². The van der Waals surface area contributed by atoms with E-state index in [0.717, 1.165) is 17.1 Å². The summed E-state index contributed by atoms with van der Waals surface area (Å²) in [5.41, 5.74) is 1.23. The van der Waals surface area contributed by atoms with Crippen LogP contribution in [0.4, 0.5) is 19.0 Å². The molecule has 202 valence electrons. The Hall–Kier alpha value is -3.71. The smallest absolute Gasteiger partial charge is 0.437 e. The van der Waals surface area contributed by atoms with Crippen molar-refractivity contribution in [3.05, 3.63) is 48.7 Å². The summed E-state index contributed by atoms with van der Waals surface area (Å²) in [6, 6.07) is 4.10. The van der Waals surface area contributed by atoms with Crippen molar-refractivity contribution in [3.63, 3.8) is 0 Å². The fourth-order valence-corrected chi connectivity index (χ4v) is 4.83. The fourth-order valence-electron chi connectivity index (χ4n) is 4.83. The summed E-state index contributed by atoms with van der Waals surface area (Å²) >= 11 is 0. The molecular weight excluding hydrogens is 503 g/mol. The number of aliphatic hydroxyl groups excluding tert-OH is 2. The number of pyridine rings is 2. The minimum absolute atomic E-state index is 0.00636. The van der Waals surface area contributed by atoms with Crippen LogP contribution in [0.15, 0.2) is 43.0 Å². The lowest BCUT2D eigenvalue weighted by molar-refractivity contribution is -0.143. The predicted molar refractivity (Wildman–Crippen MR) is 133 cm³/mol. The van der Waals surface area contributed by atoms with Gasteiger partial charge < -0.3 is 20.3 Å². The van der Waals surface area contributed by atoms with Crippen LogP contribution in [0.3, 0.4) is 0 Å². The number of halogens is 3. The molecule has 1 aliphatic carbocycles. The van der Waals surface area contributed by atoms with Crippen LogP contribution in [0.25, 0.3) is 22.2 Å². The zero-order valence-electron chi connectivity index (χ0n) is 20.6. The van der Waals surface area contributed by atoms with Crippen molar-refractivity contribution < 1.29 is 28.1 Å². The zero-order chi connectivity index (χ0) is 26.9. The second-order valence-corrected chi connectivity index (χ2v) is 9.25. The van der Waals surface area contributed by atoms with Crippen molar-refractivity contribution in [1.82, 2.24) is 29.5 Å². The minimum atomic E-state index is -4.58. The number of fused-ring (bicyclic) bond motifs is 1. The molecule has 0 radical (unpaired) electrons. The summed E-state index contributed by atoms with van der Waals surface area (Å²) < 4.78 is 49.2. The van der Waals surface area contributed by atoms with Gasteiger partial charge in [0.2, 0.25) is 0 Å². The summed E-state index contributed by atoms with van der Waals surface area (Å²) in [7, 11) is 1.78. The number of aromatic nitrogens is 6. The number of alkyl halides is 3. The quantitative estimate of drug-likeness (QED) is 0.314. The Morgan fingerprint density at radius 1 is 1.13 bits per heavy atom. The molecule has 0 spiro atoms. The van der Waals surface area contributed by atoms with E-state index in [4.69, 9.17) is 9.84 Å².